The van der Waals surface area contributed by atoms with Crippen molar-refractivity contribution in [2.45, 2.75) is 0 Å². The Bertz CT molecular complexity index is 514. The molecule has 0 saturated carbocycles. The average molecular weight is 255 g/mol. The number of aromatic carboxylic acids is 1. The number of nitrogens with zero attached hydrogens (tertiary/aromatic N) is 1. The Balaban J connectivity index is 2.26. The van der Waals surface area contributed by atoms with E-state index >= 15 is 0 Å². The van der Waals surface area contributed by atoms with Gasteiger partial charge in [0.2, 0.25) is 0 Å². The van der Waals surface area contributed by atoms with Crippen LogP contribution in [0.1, 0.15) is 10.4 Å². The Morgan fingerprint density at radius 1 is 1.56 bits per heavy atom. The van der Waals surface area contributed by atoms with E-state index in [0.717, 1.165) is 5.69 Å². The summed E-state index contributed by atoms with van der Waals surface area (Å²) in [5.41, 5.74) is 0.948. The maximum Gasteiger partial charge on any atom is 0.337 e. The van der Waals surface area contributed by atoms with Crippen LogP contribution in [-0.4, -0.2) is 16.1 Å². The molecule has 0 bridgehead atoms. The second kappa shape index (κ2) is 4.51. The maximum atomic E-state index is 10.7. The van der Waals surface area contributed by atoms with Crippen molar-refractivity contribution in [1.29, 1.82) is 0 Å². The van der Waals surface area contributed by atoms with Crippen molar-refractivity contribution in [3.63, 3.8) is 0 Å². The first kappa shape index (κ1) is 10.9. The van der Waals surface area contributed by atoms with Crippen molar-refractivity contribution in [2.24, 2.45) is 0 Å². The molecule has 2 aromatic rings. The summed E-state index contributed by atoms with van der Waals surface area (Å²) in [4.78, 5) is 14.6. The van der Waals surface area contributed by atoms with E-state index in [-0.39, 0.29) is 10.6 Å². The highest BCUT2D eigenvalue weighted by Gasteiger charge is 2.08. The zero-order valence-electron chi connectivity index (χ0n) is 7.98. The number of hydrogen-bond acceptors (Lipinski definition) is 4. The third-order valence-electron chi connectivity index (χ3n) is 1.87. The molecule has 6 heteroatoms. The largest absolute Gasteiger partial charge is 0.478 e. The minimum absolute atomic E-state index is 0.0702. The number of carboxylic acid groups (broad SMARTS) is 1. The van der Waals surface area contributed by atoms with Gasteiger partial charge >= 0.3 is 5.97 Å². The average Bonchev–Trinajstić information content (AvgIpc) is 2.73. The Kier molecular flexibility index (Phi) is 3.07. The lowest BCUT2D eigenvalue weighted by atomic mass is 10.3. The molecular formula is C10H7ClN2O2S. The summed E-state index contributed by atoms with van der Waals surface area (Å²) in [5.74, 6) is -0.596. The number of rotatable bonds is 3. The van der Waals surface area contributed by atoms with E-state index in [0.29, 0.717) is 5.82 Å². The molecule has 16 heavy (non-hydrogen) atoms. The third kappa shape index (κ3) is 2.32. The Morgan fingerprint density at radius 2 is 2.38 bits per heavy atom. The predicted octanol–water partition coefficient (Wildman–Crippen LogP) is 3.24. The van der Waals surface area contributed by atoms with Crippen LogP contribution in [0.5, 0.6) is 0 Å². The minimum atomic E-state index is -1.04. The van der Waals surface area contributed by atoms with Gasteiger partial charge in [-0.05, 0) is 17.5 Å². The molecule has 0 fully saturated rings. The van der Waals surface area contributed by atoms with Crippen LogP contribution in [-0.2, 0) is 0 Å². The highest BCUT2D eigenvalue weighted by Crippen LogP contribution is 2.24. The Hall–Kier alpha value is -1.59. The first-order valence-corrected chi connectivity index (χ1v) is 5.67. The van der Waals surface area contributed by atoms with Gasteiger partial charge in [-0.15, -0.1) is 0 Å². The molecule has 4 nitrogen and oxygen atoms in total. The van der Waals surface area contributed by atoms with Crippen molar-refractivity contribution < 1.29 is 9.90 Å². The molecule has 0 aliphatic carbocycles. The number of halogens is 1. The lowest BCUT2D eigenvalue weighted by Crippen LogP contribution is -2.00. The number of carboxylic acids is 1. The summed E-state index contributed by atoms with van der Waals surface area (Å²) in [5, 5.41) is 15.8. The van der Waals surface area contributed by atoms with Crippen LogP contribution < -0.4 is 5.32 Å². The molecular weight excluding hydrogens is 248 g/mol. The Morgan fingerprint density at radius 3 is 2.94 bits per heavy atom. The van der Waals surface area contributed by atoms with Crippen LogP contribution >= 0.6 is 22.9 Å². The lowest BCUT2D eigenvalue weighted by molar-refractivity contribution is 0.0696. The fraction of sp³-hybridized carbons (Fsp3) is 0. The zero-order chi connectivity index (χ0) is 11.5. The zero-order valence-corrected chi connectivity index (χ0v) is 9.55. The topological polar surface area (TPSA) is 62.2 Å². The molecule has 0 aliphatic rings. The number of anilines is 2. The number of nitrogens with one attached hydrogen (secondary N) is 1. The number of pyridine rings is 1. The van der Waals surface area contributed by atoms with E-state index in [2.05, 4.69) is 10.3 Å². The molecule has 2 N–H and O–H groups in total. The van der Waals surface area contributed by atoms with Crippen molar-refractivity contribution in [1.82, 2.24) is 4.98 Å². The minimum Gasteiger partial charge on any atom is -0.478 e. The highest BCUT2D eigenvalue weighted by atomic mass is 35.5. The first-order chi connectivity index (χ1) is 7.66. The van der Waals surface area contributed by atoms with Gasteiger partial charge in [-0.25, -0.2) is 9.78 Å². The summed E-state index contributed by atoms with van der Waals surface area (Å²) in [6.45, 7) is 0. The summed E-state index contributed by atoms with van der Waals surface area (Å²) in [6.07, 6.45) is 1.27. The predicted molar refractivity (Wildman–Crippen MR) is 63.8 cm³/mol. The lowest BCUT2D eigenvalue weighted by Gasteiger charge is -2.05. The van der Waals surface area contributed by atoms with Gasteiger partial charge in [0.15, 0.2) is 0 Å². The van der Waals surface area contributed by atoms with Gasteiger partial charge in [0.1, 0.15) is 5.82 Å². The number of carbonyl (C=O) groups is 1. The summed E-state index contributed by atoms with van der Waals surface area (Å²) < 4.78 is 0. The van der Waals surface area contributed by atoms with E-state index in [1.54, 1.807) is 11.3 Å². The number of aromatic nitrogens is 1. The fourth-order valence-corrected chi connectivity index (χ4v) is 1.92. The first-order valence-electron chi connectivity index (χ1n) is 4.35. The quantitative estimate of drug-likeness (QED) is 0.883. The highest BCUT2D eigenvalue weighted by molar-refractivity contribution is 7.08. The summed E-state index contributed by atoms with van der Waals surface area (Å²) in [7, 11) is 0. The normalized spacial score (nSPS) is 10.1. The van der Waals surface area contributed by atoms with Gasteiger partial charge in [-0.3, -0.25) is 0 Å². The third-order valence-corrected chi connectivity index (χ3v) is 2.84. The van der Waals surface area contributed by atoms with Gasteiger partial charge in [-0.1, -0.05) is 11.6 Å². The van der Waals surface area contributed by atoms with Crippen LogP contribution in [0.25, 0.3) is 0 Å². The summed E-state index contributed by atoms with van der Waals surface area (Å²) in [6, 6.07) is 3.25. The SMILES string of the molecule is O=C(O)c1cnc(Nc2ccsc2)c(Cl)c1. The molecule has 0 radical (unpaired) electrons. The van der Waals surface area contributed by atoms with Gasteiger partial charge in [0.25, 0.3) is 0 Å². The molecule has 0 amide bonds. The van der Waals surface area contributed by atoms with Crippen LogP contribution in [0.3, 0.4) is 0 Å². The molecule has 82 valence electrons. The van der Waals surface area contributed by atoms with Gasteiger partial charge in [-0.2, -0.15) is 11.3 Å². The number of hydrogen-bond donors (Lipinski definition) is 2. The molecule has 0 aliphatic heterocycles. The number of thiophene rings is 1. The van der Waals surface area contributed by atoms with E-state index in [4.69, 9.17) is 16.7 Å². The molecule has 0 spiro atoms. The molecule has 2 aromatic heterocycles. The second-order valence-electron chi connectivity index (χ2n) is 3.00. The van der Waals surface area contributed by atoms with E-state index in [1.165, 1.54) is 12.3 Å². The van der Waals surface area contributed by atoms with Gasteiger partial charge in [0.05, 0.1) is 16.3 Å². The molecule has 0 unspecified atom stereocenters. The standard InChI is InChI=1S/C10H7ClN2O2S/c11-8-3-6(10(14)15)4-12-9(8)13-7-1-2-16-5-7/h1-5H,(H,12,13)(H,14,15). The summed E-state index contributed by atoms with van der Waals surface area (Å²) >= 11 is 7.45. The van der Waals surface area contributed by atoms with E-state index < -0.39 is 5.97 Å². The van der Waals surface area contributed by atoms with Gasteiger partial charge < -0.3 is 10.4 Å². The second-order valence-corrected chi connectivity index (χ2v) is 4.18. The van der Waals surface area contributed by atoms with Crippen LogP contribution in [0, 0.1) is 0 Å². The van der Waals surface area contributed by atoms with Crippen LogP contribution in [0.15, 0.2) is 29.1 Å². The monoisotopic (exact) mass is 254 g/mol. The smallest absolute Gasteiger partial charge is 0.337 e. The van der Waals surface area contributed by atoms with Crippen molar-refractivity contribution in [2.75, 3.05) is 5.32 Å². The molecule has 0 aromatic carbocycles. The van der Waals surface area contributed by atoms with Crippen molar-refractivity contribution in [3.8, 4) is 0 Å². The van der Waals surface area contributed by atoms with E-state index in [1.807, 2.05) is 16.8 Å². The van der Waals surface area contributed by atoms with Crippen molar-refractivity contribution in [3.05, 3.63) is 39.7 Å². The van der Waals surface area contributed by atoms with E-state index in [9.17, 15) is 4.79 Å². The molecule has 0 atom stereocenters. The Labute approximate surface area is 101 Å². The van der Waals surface area contributed by atoms with Crippen LogP contribution in [0.2, 0.25) is 5.02 Å². The fourth-order valence-electron chi connectivity index (χ4n) is 1.12. The molecule has 2 rings (SSSR count). The maximum absolute atomic E-state index is 10.7. The van der Waals surface area contributed by atoms with Gasteiger partial charge in [0, 0.05) is 11.6 Å². The molecule has 2 heterocycles. The van der Waals surface area contributed by atoms with Crippen molar-refractivity contribution >= 4 is 40.4 Å². The molecule has 0 saturated heterocycles. The van der Waals surface area contributed by atoms with Crippen LogP contribution in [0.4, 0.5) is 11.5 Å².